The van der Waals surface area contributed by atoms with E-state index in [4.69, 9.17) is 5.26 Å². The molecule has 0 aromatic carbocycles. The number of hydrogen-bond acceptors (Lipinski definition) is 3. The lowest BCUT2D eigenvalue weighted by Gasteiger charge is -1.95. The maximum absolute atomic E-state index is 10.8. The van der Waals surface area contributed by atoms with Gasteiger partial charge in [-0.3, -0.25) is 0 Å². The molecule has 0 aliphatic heterocycles. The molecule has 58 valence electrons. The van der Waals surface area contributed by atoms with Crippen LogP contribution in [0.25, 0.3) is 0 Å². The average Bonchev–Trinajstić information content (AvgIpc) is 1.84. The molecule has 0 fully saturated rings. The molecule has 0 aliphatic rings. The van der Waals surface area contributed by atoms with Crippen molar-refractivity contribution in [3.63, 3.8) is 0 Å². The second kappa shape index (κ2) is 4.29. The molecule has 0 heterocycles. The molecule has 0 N–H and O–H groups in total. The van der Waals surface area contributed by atoms with Crippen LogP contribution in [0, 0.1) is 11.3 Å². The van der Waals surface area contributed by atoms with Gasteiger partial charge in [-0.05, 0) is 6.42 Å². The van der Waals surface area contributed by atoms with E-state index in [9.17, 15) is 8.42 Å². The molecule has 0 rings (SSSR count). The average molecular weight is 161 g/mol. The topological polar surface area (TPSA) is 57.9 Å². The summed E-state index contributed by atoms with van der Waals surface area (Å²) in [5, 5.41) is 8.08. The van der Waals surface area contributed by atoms with E-state index in [-0.39, 0.29) is 17.9 Å². The number of sulfone groups is 1. The van der Waals surface area contributed by atoms with Crippen molar-refractivity contribution in [1.29, 1.82) is 5.26 Å². The lowest BCUT2D eigenvalue weighted by molar-refractivity contribution is 0.594. The molecule has 0 saturated carbocycles. The first-order chi connectivity index (χ1) is 4.62. The lowest BCUT2D eigenvalue weighted by Crippen LogP contribution is -2.09. The molecular formula is C6H11NO2S. The van der Waals surface area contributed by atoms with Gasteiger partial charge in [0.05, 0.1) is 11.8 Å². The van der Waals surface area contributed by atoms with Gasteiger partial charge in [-0.1, -0.05) is 6.92 Å². The summed E-state index contributed by atoms with van der Waals surface area (Å²) in [6.07, 6.45) is 0.746. The lowest BCUT2D eigenvalue weighted by atomic mass is 10.6. The van der Waals surface area contributed by atoms with Crippen molar-refractivity contribution in [2.75, 3.05) is 11.5 Å². The van der Waals surface area contributed by atoms with E-state index in [0.717, 1.165) is 0 Å². The van der Waals surface area contributed by atoms with Crippen LogP contribution in [-0.2, 0) is 9.84 Å². The van der Waals surface area contributed by atoms with Crippen LogP contribution in [0.2, 0.25) is 0 Å². The van der Waals surface area contributed by atoms with E-state index >= 15 is 0 Å². The van der Waals surface area contributed by atoms with Gasteiger partial charge in [0.15, 0.2) is 9.84 Å². The first-order valence-electron chi connectivity index (χ1n) is 3.19. The van der Waals surface area contributed by atoms with Crippen LogP contribution in [-0.4, -0.2) is 19.9 Å². The molecule has 0 atom stereocenters. The molecule has 0 radical (unpaired) electrons. The van der Waals surface area contributed by atoms with E-state index in [0.29, 0.717) is 6.42 Å². The van der Waals surface area contributed by atoms with Crippen LogP contribution in [0.4, 0.5) is 0 Å². The van der Waals surface area contributed by atoms with Gasteiger partial charge >= 0.3 is 0 Å². The zero-order valence-electron chi connectivity index (χ0n) is 6.00. The highest BCUT2D eigenvalue weighted by Gasteiger charge is 2.07. The highest BCUT2D eigenvalue weighted by molar-refractivity contribution is 7.91. The molecule has 4 heteroatoms. The summed E-state index contributed by atoms with van der Waals surface area (Å²) in [6.45, 7) is 1.81. The Labute approximate surface area is 61.6 Å². The molecule has 0 aromatic heterocycles. The molecule has 0 aromatic rings. The molecule has 0 saturated heterocycles. The van der Waals surface area contributed by atoms with Crippen molar-refractivity contribution in [2.45, 2.75) is 19.8 Å². The summed E-state index contributed by atoms with van der Waals surface area (Å²) >= 11 is 0. The van der Waals surface area contributed by atoms with Gasteiger partial charge in [0.1, 0.15) is 0 Å². The van der Waals surface area contributed by atoms with Crippen LogP contribution in [0.5, 0.6) is 0 Å². The second-order valence-electron chi connectivity index (χ2n) is 2.06. The fraction of sp³-hybridized carbons (Fsp3) is 0.833. The predicted octanol–water partition coefficient (Wildman–Crippen LogP) is 0.725. The Morgan fingerprint density at radius 1 is 1.40 bits per heavy atom. The number of rotatable bonds is 4. The summed E-state index contributed by atoms with van der Waals surface area (Å²) < 4.78 is 21.7. The molecule has 0 unspecified atom stereocenters. The molecule has 0 spiro atoms. The van der Waals surface area contributed by atoms with E-state index in [2.05, 4.69) is 0 Å². The predicted molar refractivity (Wildman–Crippen MR) is 39.2 cm³/mol. The summed E-state index contributed by atoms with van der Waals surface area (Å²) in [5.74, 6) is 0.214. The van der Waals surface area contributed by atoms with Gasteiger partial charge < -0.3 is 0 Å². The van der Waals surface area contributed by atoms with Crippen molar-refractivity contribution >= 4 is 9.84 Å². The van der Waals surface area contributed by atoms with Crippen molar-refractivity contribution in [1.82, 2.24) is 0 Å². The molecule has 3 nitrogen and oxygen atoms in total. The monoisotopic (exact) mass is 161 g/mol. The highest BCUT2D eigenvalue weighted by Crippen LogP contribution is 1.94. The fourth-order valence-corrected chi connectivity index (χ4v) is 1.84. The van der Waals surface area contributed by atoms with E-state index in [1.54, 1.807) is 6.07 Å². The van der Waals surface area contributed by atoms with Crippen molar-refractivity contribution in [3.8, 4) is 6.07 Å². The Morgan fingerprint density at radius 3 is 2.40 bits per heavy atom. The third kappa shape index (κ3) is 4.33. The van der Waals surface area contributed by atoms with E-state index in [1.165, 1.54) is 0 Å². The molecule has 0 bridgehead atoms. The Bertz CT molecular complexity index is 212. The zero-order valence-corrected chi connectivity index (χ0v) is 6.82. The van der Waals surface area contributed by atoms with Gasteiger partial charge in [0.25, 0.3) is 0 Å². The minimum absolute atomic E-state index is 0.0112. The van der Waals surface area contributed by atoms with E-state index in [1.807, 2.05) is 6.92 Å². The number of nitriles is 1. The van der Waals surface area contributed by atoms with Crippen molar-refractivity contribution in [2.24, 2.45) is 0 Å². The Kier molecular flexibility index (Phi) is 4.05. The van der Waals surface area contributed by atoms with Gasteiger partial charge in [-0.25, -0.2) is 8.42 Å². The molecule has 0 aliphatic carbocycles. The van der Waals surface area contributed by atoms with Crippen molar-refractivity contribution < 1.29 is 8.42 Å². The third-order valence-electron chi connectivity index (χ3n) is 1.04. The van der Waals surface area contributed by atoms with Gasteiger partial charge in [-0.2, -0.15) is 5.26 Å². The Balaban J connectivity index is 3.80. The maximum atomic E-state index is 10.8. The van der Waals surface area contributed by atoms with Crippen molar-refractivity contribution in [3.05, 3.63) is 0 Å². The summed E-state index contributed by atoms with van der Waals surface area (Å²) in [6, 6.07) is 1.80. The summed E-state index contributed by atoms with van der Waals surface area (Å²) in [5.41, 5.74) is 0. The second-order valence-corrected chi connectivity index (χ2v) is 4.36. The Hall–Kier alpha value is -0.560. The molecule has 10 heavy (non-hydrogen) atoms. The zero-order chi connectivity index (χ0) is 8.04. The number of nitrogens with zero attached hydrogens (tertiary/aromatic N) is 1. The summed E-state index contributed by atoms with van der Waals surface area (Å²) in [7, 11) is -2.92. The molecule has 0 amide bonds. The van der Waals surface area contributed by atoms with Gasteiger partial charge in [-0.15, -0.1) is 0 Å². The van der Waals surface area contributed by atoms with Crippen LogP contribution in [0.1, 0.15) is 19.8 Å². The molecular weight excluding hydrogens is 150 g/mol. The number of hydrogen-bond donors (Lipinski definition) is 0. The maximum Gasteiger partial charge on any atom is 0.151 e. The largest absolute Gasteiger partial charge is 0.229 e. The highest BCUT2D eigenvalue weighted by atomic mass is 32.2. The van der Waals surface area contributed by atoms with Crippen LogP contribution in [0.15, 0.2) is 0 Å². The standard InChI is InChI=1S/C6H11NO2S/c1-2-5-10(8,9)6-3-4-7/h2-3,5-6H2,1H3. The minimum Gasteiger partial charge on any atom is -0.229 e. The minimum atomic E-state index is -2.92. The first-order valence-corrected chi connectivity index (χ1v) is 5.02. The normalized spacial score (nSPS) is 10.8. The first kappa shape index (κ1) is 9.44. The SMILES string of the molecule is CCCS(=O)(=O)CCC#N. The van der Waals surface area contributed by atoms with E-state index < -0.39 is 9.84 Å². The third-order valence-corrected chi connectivity index (χ3v) is 2.90. The van der Waals surface area contributed by atoms with Gasteiger partial charge in [0, 0.05) is 12.2 Å². The van der Waals surface area contributed by atoms with Crippen LogP contribution >= 0.6 is 0 Å². The fourth-order valence-electron chi connectivity index (χ4n) is 0.614. The Morgan fingerprint density at radius 2 is 2.00 bits per heavy atom. The van der Waals surface area contributed by atoms with Crippen LogP contribution < -0.4 is 0 Å². The summed E-state index contributed by atoms with van der Waals surface area (Å²) in [4.78, 5) is 0. The smallest absolute Gasteiger partial charge is 0.151 e. The van der Waals surface area contributed by atoms with Gasteiger partial charge in [0.2, 0.25) is 0 Å². The quantitative estimate of drug-likeness (QED) is 0.610. The van der Waals surface area contributed by atoms with Crippen LogP contribution in [0.3, 0.4) is 0 Å².